The van der Waals surface area contributed by atoms with Gasteiger partial charge in [-0.3, -0.25) is 4.99 Å². The molecule has 6 nitrogen and oxygen atoms in total. The van der Waals surface area contributed by atoms with E-state index >= 15 is 0 Å². The number of alkyl halides is 2. The lowest BCUT2D eigenvalue weighted by molar-refractivity contribution is -0.0505. The van der Waals surface area contributed by atoms with Gasteiger partial charge in [0.15, 0.2) is 5.96 Å². The Kier molecular flexibility index (Phi) is 13.9. The van der Waals surface area contributed by atoms with E-state index in [1.54, 1.807) is 19.2 Å². The molecule has 0 aliphatic carbocycles. The number of nitrogens with zero attached hydrogens (tertiary/aromatic N) is 2. The number of nitrogens with one attached hydrogen (secondary N) is 2. The number of rotatable bonds is 11. The maximum absolute atomic E-state index is 12.7. The van der Waals surface area contributed by atoms with Gasteiger partial charge in [-0.2, -0.15) is 8.78 Å². The first-order chi connectivity index (χ1) is 12.5. The molecular weight excluding hydrogens is 469 g/mol. The monoisotopic (exact) mass is 500 g/mol. The van der Waals surface area contributed by atoms with Gasteiger partial charge in [0.2, 0.25) is 0 Å². The predicted molar refractivity (Wildman–Crippen MR) is 116 cm³/mol. The largest absolute Gasteiger partial charge is 0.493 e. The summed E-state index contributed by atoms with van der Waals surface area (Å²) >= 11 is 0. The van der Waals surface area contributed by atoms with Crippen LogP contribution in [0.5, 0.6) is 11.5 Å². The third kappa shape index (κ3) is 10.5. The van der Waals surface area contributed by atoms with Crippen molar-refractivity contribution in [3.63, 3.8) is 0 Å². The fourth-order valence-corrected chi connectivity index (χ4v) is 2.12. The van der Waals surface area contributed by atoms with Crippen LogP contribution in [0.15, 0.2) is 23.2 Å². The van der Waals surface area contributed by atoms with Crippen molar-refractivity contribution < 1.29 is 18.3 Å². The zero-order valence-electron chi connectivity index (χ0n) is 16.4. The molecule has 0 radical (unpaired) electrons. The molecule has 27 heavy (non-hydrogen) atoms. The van der Waals surface area contributed by atoms with Gasteiger partial charge in [-0.15, -0.1) is 24.0 Å². The summed E-state index contributed by atoms with van der Waals surface area (Å²) in [5.74, 6) is 1.21. The summed E-state index contributed by atoms with van der Waals surface area (Å²) in [7, 11) is 3.70. The Hall–Kier alpha value is -1.36. The zero-order chi connectivity index (χ0) is 19.4. The summed E-state index contributed by atoms with van der Waals surface area (Å²) in [6.07, 6.45) is 0.837. The Bertz CT molecular complexity index is 562. The lowest BCUT2D eigenvalue weighted by atomic mass is 10.2. The summed E-state index contributed by atoms with van der Waals surface area (Å²) in [6.45, 7) is 4.57. The van der Waals surface area contributed by atoms with Crippen LogP contribution in [0.4, 0.5) is 8.78 Å². The van der Waals surface area contributed by atoms with Crippen LogP contribution in [0.1, 0.15) is 25.8 Å². The van der Waals surface area contributed by atoms with Gasteiger partial charge in [-0.05, 0) is 32.1 Å². The molecule has 0 aliphatic heterocycles. The van der Waals surface area contributed by atoms with E-state index in [-0.39, 0.29) is 29.7 Å². The lowest BCUT2D eigenvalue weighted by Gasteiger charge is -2.17. The third-order valence-electron chi connectivity index (χ3n) is 3.72. The van der Waals surface area contributed by atoms with E-state index in [0.29, 0.717) is 30.4 Å². The van der Waals surface area contributed by atoms with Crippen LogP contribution in [0.2, 0.25) is 0 Å². The normalized spacial score (nSPS) is 11.3. The second-order valence-electron chi connectivity index (χ2n) is 5.74. The smallest absolute Gasteiger partial charge is 0.387 e. The molecule has 0 saturated carbocycles. The van der Waals surface area contributed by atoms with Gasteiger partial charge in [-0.1, -0.05) is 13.8 Å². The Morgan fingerprint density at radius 3 is 2.59 bits per heavy atom. The minimum atomic E-state index is -2.89. The third-order valence-corrected chi connectivity index (χ3v) is 3.72. The summed E-state index contributed by atoms with van der Waals surface area (Å²) in [6, 6.07) is 4.95. The van der Waals surface area contributed by atoms with Crippen molar-refractivity contribution in [3.8, 4) is 11.5 Å². The molecule has 0 atom stereocenters. The van der Waals surface area contributed by atoms with E-state index in [0.717, 1.165) is 26.1 Å². The molecule has 1 rings (SSSR count). The van der Waals surface area contributed by atoms with Gasteiger partial charge in [-0.25, -0.2) is 0 Å². The average Bonchev–Trinajstić information content (AvgIpc) is 2.63. The van der Waals surface area contributed by atoms with Gasteiger partial charge in [0, 0.05) is 38.3 Å². The Labute approximate surface area is 177 Å². The molecule has 0 bridgehead atoms. The fourth-order valence-electron chi connectivity index (χ4n) is 2.12. The van der Waals surface area contributed by atoms with Crippen LogP contribution in [0.25, 0.3) is 0 Å². The highest BCUT2D eigenvalue weighted by molar-refractivity contribution is 14.0. The van der Waals surface area contributed by atoms with Gasteiger partial charge < -0.3 is 25.0 Å². The molecule has 1 aromatic rings. The molecule has 1 aromatic carbocycles. The summed E-state index contributed by atoms with van der Waals surface area (Å²) < 4.78 is 35.5. The number of hydrogen-bond donors (Lipinski definition) is 2. The fraction of sp³-hybridized carbons (Fsp3) is 0.611. The molecule has 0 amide bonds. The molecule has 0 fully saturated rings. The number of halogens is 3. The molecule has 0 unspecified atom stereocenters. The Morgan fingerprint density at radius 2 is 2.00 bits per heavy atom. The van der Waals surface area contributed by atoms with Crippen LogP contribution < -0.4 is 20.1 Å². The van der Waals surface area contributed by atoms with Crippen LogP contribution in [-0.4, -0.2) is 57.8 Å². The number of benzene rings is 1. The molecule has 0 aromatic heterocycles. The highest BCUT2D eigenvalue weighted by atomic mass is 127. The number of hydrogen-bond acceptors (Lipinski definition) is 4. The predicted octanol–water partition coefficient (Wildman–Crippen LogP) is 3.31. The quantitative estimate of drug-likeness (QED) is 0.278. The van der Waals surface area contributed by atoms with Crippen molar-refractivity contribution in [1.29, 1.82) is 0 Å². The first-order valence-corrected chi connectivity index (χ1v) is 8.83. The molecular formula is C18H31F2IN4O2. The number of aliphatic imine (C=N–C) groups is 1. The molecule has 0 aliphatic rings. The number of likely N-dealkylation sites (N-methyl/N-ethyl adjacent to an activating group) is 1. The van der Waals surface area contributed by atoms with Gasteiger partial charge in [0.1, 0.15) is 11.5 Å². The zero-order valence-corrected chi connectivity index (χ0v) is 18.8. The Balaban J connectivity index is 0.00000676. The molecule has 0 saturated heterocycles. The van der Waals surface area contributed by atoms with Crippen LogP contribution in [0.3, 0.4) is 0 Å². The van der Waals surface area contributed by atoms with Crippen molar-refractivity contribution in [2.45, 2.75) is 33.4 Å². The molecule has 9 heteroatoms. The highest BCUT2D eigenvalue weighted by Gasteiger charge is 2.12. The standard InChI is InChI=1S/C18H30F2N4O2.HI/c1-5-11-25-15-8-7-14(16(12-15)26-17(19)20)13-23-18(21-3)22-9-10-24(4)6-2;/h7-8,12,17H,5-6,9-11,13H2,1-4H3,(H2,21,22,23);1H. The molecule has 0 spiro atoms. The average molecular weight is 500 g/mol. The van der Waals surface area contributed by atoms with Crippen molar-refractivity contribution in [3.05, 3.63) is 23.8 Å². The Morgan fingerprint density at radius 1 is 1.26 bits per heavy atom. The van der Waals surface area contributed by atoms with E-state index < -0.39 is 6.61 Å². The van der Waals surface area contributed by atoms with Gasteiger partial charge in [0.05, 0.1) is 6.61 Å². The summed E-state index contributed by atoms with van der Waals surface area (Å²) in [5.41, 5.74) is 0.600. The topological polar surface area (TPSA) is 58.1 Å². The SMILES string of the molecule is CCCOc1ccc(CNC(=NC)NCCN(C)CC)c(OC(F)F)c1.I. The van der Waals surface area contributed by atoms with Gasteiger partial charge in [0.25, 0.3) is 0 Å². The van der Waals surface area contributed by atoms with E-state index in [1.807, 2.05) is 14.0 Å². The second kappa shape index (κ2) is 14.7. The number of ether oxygens (including phenoxy) is 2. The van der Waals surface area contributed by atoms with E-state index in [9.17, 15) is 8.78 Å². The first-order valence-electron chi connectivity index (χ1n) is 8.83. The van der Waals surface area contributed by atoms with E-state index in [2.05, 4.69) is 32.2 Å². The summed E-state index contributed by atoms with van der Waals surface area (Å²) in [4.78, 5) is 6.31. The minimum absolute atomic E-state index is 0. The first kappa shape index (κ1) is 25.6. The van der Waals surface area contributed by atoms with E-state index in [4.69, 9.17) is 4.74 Å². The van der Waals surface area contributed by atoms with Crippen molar-refractivity contribution in [1.82, 2.24) is 15.5 Å². The maximum Gasteiger partial charge on any atom is 0.387 e. The van der Waals surface area contributed by atoms with Crippen molar-refractivity contribution in [2.24, 2.45) is 4.99 Å². The van der Waals surface area contributed by atoms with Gasteiger partial charge >= 0.3 is 6.61 Å². The molecule has 156 valence electrons. The second-order valence-corrected chi connectivity index (χ2v) is 5.74. The molecule has 0 heterocycles. The van der Waals surface area contributed by atoms with Crippen LogP contribution in [-0.2, 0) is 6.54 Å². The maximum atomic E-state index is 12.7. The van der Waals surface area contributed by atoms with Crippen molar-refractivity contribution >= 4 is 29.9 Å². The minimum Gasteiger partial charge on any atom is -0.493 e. The van der Waals surface area contributed by atoms with Crippen molar-refractivity contribution in [2.75, 3.05) is 40.3 Å². The highest BCUT2D eigenvalue weighted by Crippen LogP contribution is 2.26. The van der Waals surface area contributed by atoms with E-state index in [1.165, 1.54) is 6.07 Å². The van der Waals surface area contributed by atoms with Crippen LogP contribution >= 0.6 is 24.0 Å². The van der Waals surface area contributed by atoms with Crippen LogP contribution in [0, 0.1) is 0 Å². The summed E-state index contributed by atoms with van der Waals surface area (Å²) in [5, 5.41) is 6.30. The lowest BCUT2D eigenvalue weighted by Crippen LogP contribution is -2.40. The molecule has 2 N–H and O–H groups in total. The number of guanidine groups is 1.